The van der Waals surface area contributed by atoms with Crippen molar-refractivity contribution in [2.75, 3.05) is 31.2 Å². The minimum Gasteiger partial charge on any atom is -0.370 e. The van der Waals surface area contributed by atoms with Crippen molar-refractivity contribution in [3.8, 4) is 5.69 Å². The summed E-state index contributed by atoms with van der Waals surface area (Å²) in [6.07, 6.45) is 3.27. The molecule has 2 aromatic heterocycles. The first-order valence-corrected chi connectivity index (χ1v) is 13.0. The van der Waals surface area contributed by atoms with Crippen molar-refractivity contribution in [3.05, 3.63) is 62.8 Å². The summed E-state index contributed by atoms with van der Waals surface area (Å²) in [5, 5.41) is 2.89. The lowest BCUT2D eigenvalue weighted by molar-refractivity contribution is -0.128. The van der Waals surface area contributed by atoms with Crippen LogP contribution in [0.5, 0.6) is 0 Å². The molecule has 3 amide bonds. The van der Waals surface area contributed by atoms with Crippen molar-refractivity contribution in [3.63, 3.8) is 0 Å². The van der Waals surface area contributed by atoms with Gasteiger partial charge in [0, 0.05) is 37.1 Å². The first-order valence-electron chi connectivity index (χ1n) is 11.8. The van der Waals surface area contributed by atoms with Gasteiger partial charge in [-0.3, -0.25) is 14.4 Å². The summed E-state index contributed by atoms with van der Waals surface area (Å²) < 4.78 is 7.76. The smallest absolute Gasteiger partial charge is 0.261 e. The Morgan fingerprint density at radius 1 is 1.19 bits per heavy atom. The van der Waals surface area contributed by atoms with E-state index in [4.69, 9.17) is 21.3 Å². The number of halogens is 1. The van der Waals surface area contributed by atoms with E-state index in [9.17, 15) is 14.4 Å². The number of carbonyl (C=O) groups excluding carboxylic acids is 3. The molecule has 2 saturated heterocycles. The number of thiophene rings is 1. The SMILES string of the molecule is Cc1cc(-n2cc(CNC(=O)c3ccc(Cl)s3)nc2CN2CCCC2=O)ccc1N1CCOCC1=O. The first-order chi connectivity index (χ1) is 17.4. The molecule has 2 aliphatic heterocycles. The number of carbonyl (C=O) groups is 3. The van der Waals surface area contributed by atoms with E-state index in [1.165, 1.54) is 11.3 Å². The number of likely N-dealkylation sites (tertiary alicyclic amines) is 1. The molecule has 36 heavy (non-hydrogen) atoms. The van der Waals surface area contributed by atoms with Crippen LogP contribution in [0.2, 0.25) is 4.34 Å². The van der Waals surface area contributed by atoms with Gasteiger partial charge >= 0.3 is 0 Å². The number of anilines is 1. The molecular formula is C25H26ClN5O4S. The van der Waals surface area contributed by atoms with Crippen LogP contribution in [0, 0.1) is 6.92 Å². The second kappa shape index (κ2) is 10.4. The van der Waals surface area contributed by atoms with Gasteiger partial charge in [0.05, 0.1) is 34.6 Å². The number of imidazole rings is 1. The lowest BCUT2D eigenvalue weighted by atomic mass is 10.1. The van der Waals surface area contributed by atoms with Gasteiger partial charge in [-0.05, 0) is 49.2 Å². The van der Waals surface area contributed by atoms with Gasteiger partial charge in [0.15, 0.2) is 0 Å². The largest absolute Gasteiger partial charge is 0.370 e. The fraction of sp³-hybridized carbons (Fsp3) is 0.360. The van der Waals surface area contributed by atoms with Crippen molar-refractivity contribution in [2.24, 2.45) is 0 Å². The molecule has 2 fully saturated rings. The molecule has 0 bridgehead atoms. The highest BCUT2D eigenvalue weighted by molar-refractivity contribution is 7.18. The van der Waals surface area contributed by atoms with Gasteiger partial charge in [-0.1, -0.05) is 11.6 Å². The standard InChI is InChI=1S/C25H26ClN5O4S/c1-16-11-18(4-5-19(16)30-9-10-35-15-24(30)33)31-13-17(12-27-25(34)20-6-7-21(26)36-20)28-22(31)14-29-8-2-3-23(29)32/h4-7,11,13H,2-3,8-10,12,14-15H2,1H3,(H,27,34). The summed E-state index contributed by atoms with van der Waals surface area (Å²) in [7, 11) is 0. The number of aromatic nitrogens is 2. The second-order valence-electron chi connectivity index (χ2n) is 8.79. The number of hydrogen-bond acceptors (Lipinski definition) is 6. The molecule has 4 heterocycles. The second-order valence-corrected chi connectivity index (χ2v) is 10.5. The molecule has 0 spiro atoms. The van der Waals surface area contributed by atoms with Crippen LogP contribution in [0.1, 0.15) is 39.6 Å². The topological polar surface area (TPSA) is 96.8 Å². The lowest BCUT2D eigenvalue weighted by Gasteiger charge is -2.28. The number of amides is 3. The molecule has 0 unspecified atom stereocenters. The number of aryl methyl sites for hydroxylation is 1. The van der Waals surface area contributed by atoms with Gasteiger partial charge in [-0.15, -0.1) is 11.3 Å². The molecule has 0 radical (unpaired) electrons. The monoisotopic (exact) mass is 527 g/mol. The van der Waals surface area contributed by atoms with Crippen LogP contribution in [0.25, 0.3) is 5.69 Å². The summed E-state index contributed by atoms with van der Waals surface area (Å²) in [6.45, 7) is 4.41. The number of rotatable bonds is 7. The van der Waals surface area contributed by atoms with Gasteiger partial charge in [0.2, 0.25) is 5.91 Å². The zero-order chi connectivity index (χ0) is 25.2. The number of benzene rings is 1. The Balaban J connectivity index is 1.41. The number of hydrogen-bond donors (Lipinski definition) is 1. The third kappa shape index (κ3) is 5.16. The molecule has 188 valence electrons. The Morgan fingerprint density at radius 2 is 2.06 bits per heavy atom. The molecule has 9 nitrogen and oxygen atoms in total. The molecule has 1 N–H and O–H groups in total. The van der Waals surface area contributed by atoms with Crippen molar-refractivity contribution in [1.82, 2.24) is 19.8 Å². The van der Waals surface area contributed by atoms with Crippen molar-refractivity contribution in [2.45, 2.75) is 32.9 Å². The van der Waals surface area contributed by atoms with Crippen LogP contribution in [-0.2, 0) is 27.4 Å². The zero-order valence-electron chi connectivity index (χ0n) is 19.8. The van der Waals surface area contributed by atoms with Crippen LogP contribution in [-0.4, -0.2) is 58.5 Å². The van der Waals surface area contributed by atoms with Crippen LogP contribution in [0.15, 0.2) is 36.5 Å². The van der Waals surface area contributed by atoms with Gasteiger partial charge in [-0.25, -0.2) is 4.98 Å². The summed E-state index contributed by atoms with van der Waals surface area (Å²) >= 11 is 7.17. The minimum absolute atomic E-state index is 0.0574. The molecule has 0 atom stereocenters. The highest BCUT2D eigenvalue weighted by atomic mass is 35.5. The fourth-order valence-corrected chi connectivity index (χ4v) is 5.45. The molecule has 3 aromatic rings. The number of nitrogens with zero attached hydrogens (tertiary/aromatic N) is 4. The Labute approximate surface area is 217 Å². The van der Waals surface area contributed by atoms with Crippen molar-refractivity contribution >= 4 is 46.3 Å². The zero-order valence-corrected chi connectivity index (χ0v) is 21.4. The van der Waals surface area contributed by atoms with Gasteiger partial charge in [0.1, 0.15) is 12.4 Å². The average Bonchev–Trinajstić information content (AvgIpc) is 3.59. The molecule has 5 rings (SSSR count). The van der Waals surface area contributed by atoms with Gasteiger partial charge in [-0.2, -0.15) is 0 Å². The normalized spacial score (nSPS) is 16.2. The minimum atomic E-state index is -0.215. The maximum absolute atomic E-state index is 12.5. The molecule has 0 aliphatic carbocycles. The highest BCUT2D eigenvalue weighted by Gasteiger charge is 2.24. The summed E-state index contributed by atoms with van der Waals surface area (Å²) in [4.78, 5) is 45.9. The third-order valence-electron chi connectivity index (χ3n) is 6.29. The summed E-state index contributed by atoms with van der Waals surface area (Å²) in [5.74, 6) is 0.556. The quantitative estimate of drug-likeness (QED) is 0.508. The van der Waals surface area contributed by atoms with E-state index in [2.05, 4.69) is 5.32 Å². The van der Waals surface area contributed by atoms with Crippen LogP contribution < -0.4 is 10.2 Å². The van der Waals surface area contributed by atoms with E-state index in [1.807, 2.05) is 40.8 Å². The predicted octanol–water partition coefficient (Wildman–Crippen LogP) is 3.31. The Hall–Kier alpha value is -3.21. The van der Waals surface area contributed by atoms with Gasteiger partial charge < -0.3 is 24.4 Å². The molecule has 0 saturated carbocycles. The molecular weight excluding hydrogens is 502 g/mol. The van der Waals surface area contributed by atoms with Crippen LogP contribution in [0.3, 0.4) is 0 Å². The molecule has 1 aromatic carbocycles. The lowest BCUT2D eigenvalue weighted by Crippen LogP contribution is -2.42. The number of morpholine rings is 1. The molecule has 2 aliphatic rings. The summed E-state index contributed by atoms with van der Waals surface area (Å²) in [5.41, 5.74) is 3.35. The van der Waals surface area contributed by atoms with E-state index < -0.39 is 0 Å². The van der Waals surface area contributed by atoms with E-state index >= 15 is 0 Å². The van der Waals surface area contributed by atoms with Gasteiger partial charge in [0.25, 0.3) is 11.8 Å². The predicted molar refractivity (Wildman–Crippen MR) is 137 cm³/mol. The highest BCUT2D eigenvalue weighted by Crippen LogP contribution is 2.26. The Morgan fingerprint density at radius 3 is 2.75 bits per heavy atom. The Kier molecular flexibility index (Phi) is 7.08. The van der Waals surface area contributed by atoms with Crippen molar-refractivity contribution < 1.29 is 19.1 Å². The maximum atomic E-state index is 12.5. The summed E-state index contributed by atoms with van der Waals surface area (Å²) in [6, 6.07) is 9.26. The van der Waals surface area contributed by atoms with Crippen molar-refractivity contribution in [1.29, 1.82) is 0 Å². The van der Waals surface area contributed by atoms with E-state index in [0.717, 1.165) is 23.4 Å². The fourth-order valence-electron chi connectivity index (χ4n) is 4.49. The third-order valence-corrected chi connectivity index (χ3v) is 7.52. The first kappa shape index (κ1) is 24.5. The molecule has 11 heteroatoms. The number of ether oxygens (including phenoxy) is 1. The maximum Gasteiger partial charge on any atom is 0.261 e. The van der Waals surface area contributed by atoms with Crippen LogP contribution >= 0.6 is 22.9 Å². The van der Waals surface area contributed by atoms with E-state index in [0.29, 0.717) is 53.4 Å². The van der Waals surface area contributed by atoms with E-state index in [-0.39, 0.29) is 30.9 Å². The van der Waals surface area contributed by atoms with E-state index in [1.54, 1.807) is 17.0 Å². The number of nitrogens with one attached hydrogen (secondary N) is 1. The van der Waals surface area contributed by atoms with Crippen LogP contribution in [0.4, 0.5) is 5.69 Å². The Bertz CT molecular complexity index is 1320. The average molecular weight is 528 g/mol.